The van der Waals surface area contributed by atoms with Crippen LogP contribution in [0.2, 0.25) is 5.02 Å². The molecule has 0 atom stereocenters. The number of nitrogens with zero attached hydrogens (tertiary/aromatic N) is 2. The lowest BCUT2D eigenvalue weighted by atomic mass is 10.1. The van der Waals surface area contributed by atoms with Crippen molar-refractivity contribution >= 4 is 28.5 Å². The Morgan fingerprint density at radius 1 is 1.36 bits per heavy atom. The van der Waals surface area contributed by atoms with Crippen molar-refractivity contribution in [3.8, 4) is 0 Å². The number of rotatable bonds is 3. The third-order valence-electron chi connectivity index (χ3n) is 3.43. The van der Waals surface area contributed by atoms with Crippen molar-refractivity contribution in [2.24, 2.45) is 7.05 Å². The van der Waals surface area contributed by atoms with Gasteiger partial charge in [0.1, 0.15) is 5.82 Å². The summed E-state index contributed by atoms with van der Waals surface area (Å²) in [4.78, 5) is 16.3. The summed E-state index contributed by atoms with van der Waals surface area (Å²) in [6, 6.07) is 9.87. The number of fused-ring (bicyclic) bond motifs is 1. The van der Waals surface area contributed by atoms with Crippen molar-refractivity contribution in [2.75, 3.05) is 0 Å². The van der Waals surface area contributed by atoms with E-state index in [0.717, 1.165) is 16.6 Å². The molecule has 0 unspecified atom stereocenters. The van der Waals surface area contributed by atoms with E-state index in [1.54, 1.807) is 6.33 Å². The number of hydrogen-bond acceptors (Lipinski definition) is 2. The molecule has 3 rings (SSSR count). The van der Waals surface area contributed by atoms with Gasteiger partial charge in [-0.2, -0.15) is 0 Å². The van der Waals surface area contributed by atoms with Crippen molar-refractivity contribution < 1.29 is 9.18 Å². The second kappa shape index (κ2) is 5.77. The van der Waals surface area contributed by atoms with Crippen LogP contribution in [0.15, 0.2) is 42.7 Å². The molecule has 0 bridgehead atoms. The second-order valence-corrected chi connectivity index (χ2v) is 5.37. The normalized spacial score (nSPS) is 10.9. The number of carbonyl (C=O) groups excluding carboxylic acids is 1. The van der Waals surface area contributed by atoms with Gasteiger partial charge in [0.25, 0.3) is 5.91 Å². The van der Waals surface area contributed by atoms with E-state index in [0.29, 0.717) is 0 Å². The van der Waals surface area contributed by atoms with E-state index in [-0.39, 0.29) is 17.1 Å². The molecule has 1 N–H and O–H groups in total. The largest absolute Gasteiger partial charge is 0.348 e. The van der Waals surface area contributed by atoms with E-state index in [2.05, 4.69) is 10.3 Å². The Labute approximate surface area is 131 Å². The lowest BCUT2D eigenvalue weighted by Crippen LogP contribution is -2.24. The van der Waals surface area contributed by atoms with Gasteiger partial charge in [0.15, 0.2) is 0 Å². The fraction of sp³-hybridized carbons (Fsp3) is 0.125. The Morgan fingerprint density at radius 3 is 2.95 bits per heavy atom. The van der Waals surface area contributed by atoms with Crippen molar-refractivity contribution in [3.63, 3.8) is 0 Å². The van der Waals surface area contributed by atoms with Gasteiger partial charge in [-0.3, -0.25) is 4.79 Å². The average Bonchev–Trinajstić information content (AvgIpc) is 2.86. The van der Waals surface area contributed by atoms with Crippen molar-refractivity contribution in [3.05, 3.63) is 64.7 Å². The van der Waals surface area contributed by atoms with Gasteiger partial charge in [-0.25, -0.2) is 9.37 Å². The minimum absolute atomic E-state index is 0.0951. The second-order valence-electron chi connectivity index (χ2n) is 4.96. The first kappa shape index (κ1) is 14.5. The van der Waals surface area contributed by atoms with Crippen molar-refractivity contribution in [1.29, 1.82) is 0 Å². The highest BCUT2D eigenvalue weighted by Crippen LogP contribution is 2.19. The number of amides is 1. The average molecular weight is 318 g/mol. The van der Waals surface area contributed by atoms with Crippen LogP contribution in [0.4, 0.5) is 4.39 Å². The van der Waals surface area contributed by atoms with Gasteiger partial charge in [0.2, 0.25) is 0 Å². The van der Waals surface area contributed by atoms with Crippen LogP contribution in [-0.4, -0.2) is 15.5 Å². The summed E-state index contributed by atoms with van der Waals surface area (Å²) in [5, 5.41) is 2.77. The predicted molar refractivity (Wildman–Crippen MR) is 83.3 cm³/mol. The highest BCUT2D eigenvalue weighted by molar-refractivity contribution is 6.33. The standard InChI is InChI=1S/C16H13ClFN3O/c1-21-9-20-13-7-10(5-6-14(13)21)8-19-16(22)15-11(17)3-2-4-12(15)18/h2-7,9H,8H2,1H3,(H,19,22). The molecule has 1 aromatic heterocycles. The van der Waals surface area contributed by atoms with E-state index < -0.39 is 11.7 Å². The monoisotopic (exact) mass is 317 g/mol. The third kappa shape index (κ3) is 2.67. The Morgan fingerprint density at radius 2 is 2.18 bits per heavy atom. The first-order valence-electron chi connectivity index (χ1n) is 6.68. The van der Waals surface area contributed by atoms with Gasteiger partial charge < -0.3 is 9.88 Å². The predicted octanol–water partition coefficient (Wildman–Crippen LogP) is 3.30. The molecular formula is C16H13ClFN3O. The van der Waals surface area contributed by atoms with Gasteiger partial charge in [-0.15, -0.1) is 0 Å². The summed E-state index contributed by atoms with van der Waals surface area (Å²) in [6.45, 7) is 0.274. The Kier molecular flexibility index (Phi) is 3.81. The van der Waals surface area contributed by atoms with Crippen LogP contribution in [0.25, 0.3) is 11.0 Å². The molecule has 0 saturated heterocycles. The zero-order valence-corrected chi connectivity index (χ0v) is 12.6. The van der Waals surface area contributed by atoms with Gasteiger partial charge in [-0.05, 0) is 29.8 Å². The summed E-state index contributed by atoms with van der Waals surface area (Å²) in [7, 11) is 1.91. The Hall–Kier alpha value is -2.40. The highest BCUT2D eigenvalue weighted by atomic mass is 35.5. The van der Waals surface area contributed by atoms with Gasteiger partial charge >= 0.3 is 0 Å². The zero-order valence-electron chi connectivity index (χ0n) is 11.8. The maximum absolute atomic E-state index is 13.7. The summed E-state index contributed by atoms with van der Waals surface area (Å²) < 4.78 is 15.6. The molecule has 1 amide bonds. The zero-order chi connectivity index (χ0) is 15.7. The summed E-state index contributed by atoms with van der Waals surface area (Å²) >= 11 is 5.87. The first-order chi connectivity index (χ1) is 10.6. The molecule has 0 spiro atoms. The molecular weight excluding hydrogens is 305 g/mol. The molecule has 6 heteroatoms. The number of nitrogens with one attached hydrogen (secondary N) is 1. The summed E-state index contributed by atoms with van der Waals surface area (Å²) in [5.41, 5.74) is 2.60. The minimum Gasteiger partial charge on any atom is -0.348 e. The van der Waals surface area contributed by atoms with E-state index in [9.17, 15) is 9.18 Å². The van der Waals surface area contributed by atoms with E-state index >= 15 is 0 Å². The fourth-order valence-corrected chi connectivity index (χ4v) is 2.53. The van der Waals surface area contributed by atoms with Crippen LogP contribution >= 0.6 is 11.6 Å². The molecule has 0 saturated carbocycles. The van der Waals surface area contributed by atoms with Gasteiger partial charge in [0.05, 0.1) is 27.9 Å². The summed E-state index contributed by atoms with van der Waals surface area (Å²) in [6.07, 6.45) is 1.73. The lowest BCUT2D eigenvalue weighted by Gasteiger charge is -2.08. The Balaban J connectivity index is 1.77. The van der Waals surface area contributed by atoms with Crippen molar-refractivity contribution in [2.45, 2.75) is 6.54 Å². The van der Waals surface area contributed by atoms with Crippen LogP contribution in [0.3, 0.4) is 0 Å². The molecule has 0 aliphatic carbocycles. The molecule has 3 aromatic rings. The summed E-state index contributed by atoms with van der Waals surface area (Å²) in [5.74, 6) is -1.17. The number of hydrogen-bond donors (Lipinski definition) is 1. The maximum Gasteiger partial charge on any atom is 0.256 e. The van der Waals surface area contributed by atoms with E-state index in [4.69, 9.17) is 11.6 Å². The maximum atomic E-state index is 13.7. The number of carbonyl (C=O) groups is 1. The Bertz CT molecular complexity index is 839. The molecule has 0 aliphatic heterocycles. The number of halogens is 2. The molecule has 112 valence electrons. The third-order valence-corrected chi connectivity index (χ3v) is 3.75. The van der Waals surface area contributed by atoms with Crippen LogP contribution in [-0.2, 0) is 13.6 Å². The smallest absolute Gasteiger partial charge is 0.256 e. The molecule has 4 nitrogen and oxygen atoms in total. The van der Waals surface area contributed by atoms with Crippen molar-refractivity contribution in [1.82, 2.24) is 14.9 Å². The first-order valence-corrected chi connectivity index (χ1v) is 7.06. The van der Waals surface area contributed by atoms with Gasteiger partial charge in [-0.1, -0.05) is 23.7 Å². The number of imidazole rings is 1. The molecule has 0 aliphatic rings. The van der Waals surface area contributed by atoms with Crippen LogP contribution < -0.4 is 5.32 Å². The SMILES string of the molecule is Cn1cnc2cc(CNC(=O)c3c(F)cccc3Cl)ccc21. The molecule has 1 heterocycles. The number of benzene rings is 2. The number of aryl methyl sites for hydroxylation is 1. The van der Waals surface area contributed by atoms with Crippen LogP contribution in [0.5, 0.6) is 0 Å². The fourth-order valence-electron chi connectivity index (χ4n) is 2.28. The van der Waals surface area contributed by atoms with Gasteiger partial charge in [0, 0.05) is 13.6 Å². The quantitative estimate of drug-likeness (QED) is 0.805. The minimum atomic E-state index is -0.634. The number of aromatic nitrogens is 2. The molecule has 2 aromatic carbocycles. The molecule has 22 heavy (non-hydrogen) atoms. The van der Waals surface area contributed by atoms with Crippen LogP contribution in [0, 0.1) is 5.82 Å². The van der Waals surface area contributed by atoms with Crippen LogP contribution in [0.1, 0.15) is 15.9 Å². The highest BCUT2D eigenvalue weighted by Gasteiger charge is 2.15. The molecule has 0 radical (unpaired) electrons. The van der Waals surface area contributed by atoms with E-state index in [1.165, 1.54) is 18.2 Å². The lowest BCUT2D eigenvalue weighted by molar-refractivity contribution is 0.0947. The van der Waals surface area contributed by atoms with E-state index in [1.807, 2.05) is 29.8 Å². The molecule has 0 fully saturated rings. The topological polar surface area (TPSA) is 46.9 Å².